The van der Waals surface area contributed by atoms with Gasteiger partial charge in [-0.1, -0.05) is 29.3 Å². The Morgan fingerprint density at radius 1 is 1.27 bits per heavy atom. The molecule has 0 saturated carbocycles. The molecule has 0 saturated heterocycles. The monoisotopic (exact) mass is 301 g/mol. The first-order valence-electron chi connectivity index (χ1n) is 3.01. The Morgan fingerprint density at radius 2 is 2.00 bits per heavy atom. The van der Waals surface area contributed by atoms with Gasteiger partial charge in [0.05, 0.1) is 10.0 Å². The molecule has 0 amide bonds. The SMILES string of the molecule is Clc1ccc(CNI)cc1Cl. The third-order valence-corrected chi connectivity index (χ3v) is 2.38. The predicted molar refractivity (Wildman–Crippen MR) is 57.3 cm³/mol. The number of nitrogens with one attached hydrogen (secondary N) is 1. The van der Waals surface area contributed by atoms with Gasteiger partial charge in [-0.15, -0.1) is 0 Å². The maximum absolute atomic E-state index is 5.79. The van der Waals surface area contributed by atoms with Gasteiger partial charge in [-0.2, -0.15) is 0 Å². The summed E-state index contributed by atoms with van der Waals surface area (Å²) in [7, 11) is 0. The van der Waals surface area contributed by atoms with E-state index in [-0.39, 0.29) is 0 Å². The summed E-state index contributed by atoms with van der Waals surface area (Å²) in [5, 5.41) is 1.21. The molecule has 0 spiro atoms. The Hall–Kier alpha value is 0.490. The molecular weight excluding hydrogens is 296 g/mol. The van der Waals surface area contributed by atoms with Gasteiger partial charge in [-0.25, -0.2) is 0 Å². The number of halogens is 3. The first-order chi connectivity index (χ1) is 5.24. The molecule has 0 bridgehead atoms. The minimum absolute atomic E-state index is 0.601. The van der Waals surface area contributed by atoms with Crippen molar-refractivity contribution < 1.29 is 0 Å². The van der Waals surface area contributed by atoms with Crippen molar-refractivity contribution >= 4 is 46.1 Å². The van der Waals surface area contributed by atoms with Crippen molar-refractivity contribution in [1.29, 1.82) is 0 Å². The van der Waals surface area contributed by atoms with E-state index in [1.165, 1.54) is 0 Å². The van der Waals surface area contributed by atoms with Crippen LogP contribution in [0.25, 0.3) is 0 Å². The molecule has 0 aliphatic rings. The molecule has 0 atom stereocenters. The smallest absolute Gasteiger partial charge is 0.0595 e. The Morgan fingerprint density at radius 3 is 2.55 bits per heavy atom. The first-order valence-corrected chi connectivity index (χ1v) is 4.85. The van der Waals surface area contributed by atoms with Crippen molar-refractivity contribution in [1.82, 2.24) is 3.53 Å². The van der Waals surface area contributed by atoms with Crippen LogP contribution < -0.4 is 3.53 Å². The van der Waals surface area contributed by atoms with E-state index in [1.54, 1.807) is 6.07 Å². The second-order valence-electron chi connectivity index (χ2n) is 2.06. The molecule has 0 fully saturated rings. The zero-order chi connectivity index (χ0) is 8.27. The quantitative estimate of drug-likeness (QED) is 0.652. The van der Waals surface area contributed by atoms with Gasteiger partial charge in [-0.3, -0.25) is 3.53 Å². The summed E-state index contributed by atoms with van der Waals surface area (Å²) in [5.74, 6) is 0. The largest absolute Gasteiger partial charge is 0.257 e. The highest BCUT2D eigenvalue weighted by Gasteiger charge is 1.97. The Bertz CT molecular complexity index is 252. The summed E-state index contributed by atoms with van der Waals surface area (Å²) in [5.41, 5.74) is 1.13. The highest BCUT2D eigenvalue weighted by molar-refractivity contribution is 14.1. The van der Waals surface area contributed by atoms with E-state index in [0.717, 1.165) is 12.1 Å². The minimum atomic E-state index is 0.601. The van der Waals surface area contributed by atoms with Crippen molar-refractivity contribution in [3.8, 4) is 0 Å². The van der Waals surface area contributed by atoms with E-state index in [0.29, 0.717) is 10.0 Å². The molecule has 1 aromatic carbocycles. The molecule has 0 aromatic heterocycles. The van der Waals surface area contributed by atoms with Gasteiger partial charge < -0.3 is 0 Å². The number of hydrogen-bond donors (Lipinski definition) is 1. The molecule has 1 aromatic rings. The van der Waals surface area contributed by atoms with E-state index in [9.17, 15) is 0 Å². The standard InChI is InChI=1S/C7H6Cl2IN/c8-6-2-1-5(4-11-10)3-7(6)9/h1-3,11H,4H2. The number of benzene rings is 1. The van der Waals surface area contributed by atoms with Crippen LogP contribution in [0.1, 0.15) is 5.56 Å². The number of hydrogen-bond acceptors (Lipinski definition) is 1. The summed E-state index contributed by atoms with van der Waals surface area (Å²) in [4.78, 5) is 0. The van der Waals surface area contributed by atoms with E-state index < -0.39 is 0 Å². The molecule has 0 heterocycles. The maximum atomic E-state index is 5.79. The first kappa shape index (κ1) is 9.58. The average Bonchev–Trinajstić information content (AvgIpc) is 1.98. The van der Waals surface area contributed by atoms with Crippen LogP contribution in [0.5, 0.6) is 0 Å². The van der Waals surface area contributed by atoms with Crippen LogP contribution >= 0.6 is 46.1 Å². The lowest BCUT2D eigenvalue weighted by atomic mass is 10.2. The van der Waals surface area contributed by atoms with Gasteiger partial charge in [0, 0.05) is 29.4 Å². The van der Waals surface area contributed by atoms with Crippen LogP contribution in [0.15, 0.2) is 18.2 Å². The molecule has 1 rings (SSSR count). The van der Waals surface area contributed by atoms with Crippen LogP contribution in [-0.2, 0) is 6.54 Å². The van der Waals surface area contributed by atoms with Crippen molar-refractivity contribution in [2.75, 3.05) is 0 Å². The van der Waals surface area contributed by atoms with E-state index >= 15 is 0 Å². The highest BCUT2D eigenvalue weighted by Crippen LogP contribution is 2.22. The van der Waals surface area contributed by atoms with Crippen LogP contribution in [0, 0.1) is 0 Å². The zero-order valence-electron chi connectivity index (χ0n) is 5.57. The summed E-state index contributed by atoms with van der Waals surface area (Å²) < 4.78 is 3.00. The van der Waals surface area contributed by atoms with Gasteiger partial charge in [0.1, 0.15) is 0 Å². The fourth-order valence-electron chi connectivity index (χ4n) is 0.727. The van der Waals surface area contributed by atoms with Crippen LogP contribution in [0.3, 0.4) is 0 Å². The number of rotatable bonds is 2. The Balaban J connectivity index is 2.86. The van der Waals surface area contributed by atoms with E-state index in [1.807, 2.05) is 12.1 Å². The Labute approximate surface area is 89.6 Å². The van der Waals surface area contributed by atoms with Crippen LogP contribution in [-0.4, -0.2) is 0 Å². The summed E-state index contributed by atoms with van der Waals surface area (Å²) in [6.07, 6.45) is 0. The van der Waals surface area contributed by atoms with Crippen molar-refractivity contribution in [3.63, 3.8) is 0 Å². The van der Waals surface area contributed by atoms with Gasteiger partial charge in [0.15, 0.2) is 0 Å². The van der Waals surface area contributed by atoms with Crippen molar-refractivity contribution in [2.45, 2.75) is 6.54 Å². The van der Waals surface area contributed by atoms with Gasteiger partial charge in [-0.05, 0) is 17.7 Å². The highest BCUT2D eigenvalue weighted by atomic mass is 127. The summed E-state index contributed by atoms with van der Waals surface area (Å²) in [6, 6.07) is 5.60. The molecule has 11 heavy (non-hydrogen) atoms. The summed E-state index contributed by atoms with van der Waals surface area (Å²) >= 11 is 13.6. The van der Waals surface area contributed by atoms with E-state index in [4.69, 9.17) is 23.2 Å². The third-order valence-electron chi connectivity index (χ3n) is 1.25. The lowest BCUT2D eigenvalue weighted by Crippen LogP contribution is -1.96. The van der Waals surface area contributed by atoms with Gasteiger partial charge >= 0.3 is 0 Å². The lowest BCUT2D eigenvalue weighted by molar-refractivity contribution is 1.01. The second-order valence-corrected chi connectivity index (χ2v) is 3.64. The molecule has 0 aliphatic carbocycles. The lowest BCUT2D eigenvalue weighted by Gasteiger charge is -2.00. The third kappa shape index (κ3) is 2.78. The normalized spacial score (nSPS) is 10.1. The average molecular weight is 302 g/mol. The van der Waals surface area contributed by atoms with E-state index in [2.05, 4.69) is 26.4 Å². The summed E-state index contributed by atoms with van der Waals surface area (Å²) in [6.45, 7) is 0.803. The van der Waals surface area contributed by atoms with Crippen LogP contribution in [0.4, 0.5) is 0 Å². The van der Waals surface area contributed by atoms with Crippen LogP contribution in [0.2, 0.25) is 10.0 Å². The molecule has 60 valence electrons. The van der Waals surface area contributed by atoms with Crippen molar-refractivity contribution in [2.24, 2.45) is 0 Å². The molecule has 4 heteroatoms. The molecule has 0 radical (unpaired) electrons. The van der Waals surface area contributed by atoms with Gasteiger partial charge in [0.2, 0.25) is 0 Å². The van der Waals surface area contributed by atoms with Crippen molar-refractivity contribution in [3.05, 3.63) is 33.8 Å². The maximum Gasteiger partial charge on any atom is 0.0595 e. The fraction of sp³-hybridized carbons (Fsp3) is 0.143. The second kappa shape index (κ2) is 4.50. The molecule has 1 nitrogen and oxygen atoms in total. The molecular formula is C7H6Cl2IN. The predicted octanol–water partition coefficient (Wildman–Crippen LogP) is 3.43. The topological polar surface area (TPSA) is 12.0 Å². The molecule has 0 aliphatic heterocycles. The molecule has 0 unspecified atom stereocenters. The molecule has 1 N–H and O–H groups in total. The zero-order valence-corrected chi connectivity index (χ0v) is 9.24. The van der Waals surface area contributed by atoms with Gasteiger partial charge in [0.25, 0.3) is 0 Å². The fourth-order valence-corrected chi connectivity index (χ4v) is 1.49. The minimum Gasteiger partial charge on any atom is -0.257 e. The Kier molecular flexibility index (Phi) is 3.92.